The zero-order chi connectivity index (χ0) is 19.1. The van der Waals surface area contributed by atoms with E-state index in [1.165, 1.54) is 38.8 Å². The van der Waals surface area contributed by atoms with Crippen LogP contribution in [0.1, 0.15) is 47.4 Å². The molecule has 4 aliphatic rings. The van der Waals surface area contributed by atoms with Crippen LogP contribution in [-0.2, 0) is 6.54 Å². The number of benzene rings is 1. The third-order valence-electron chi connectivity index (χ3n) is 6.55. The van der Waals surface area contributed by atoms with Crippen molar-refractivity contribution < 1.29 is 4.79 Å². The molecule has 7 nitrogen and oxygen atoms in total. The van der Waals surface area contributed by atoms with E-state index < -0.39 is 0 Å². The highest BCUT2D eigenvalue weighted by Gasteiger charge is 2.38. The Morgan fingerprint density at radius 2 is 1.89 bits per heavy atom. The van der Waals surface area contributed by atoms with Gasteiger partial charge in [0.15, 0.2) is 0 Å². The number of nitrogens with zero attached hydrogens (tertiary/aromatic N) is 6. The molecule has 0 radical (unpaired) electrons. The summed E-state index contributed by atoms with van der Waals surface area (Å²) in [6, 6.07) is 8.48. The average molecular weight is 380 g/mol. The van der Waals surface area contributed by atoms with Gasteiger partial charge in [-0.05, 0) is 72.6 Å². The van der Waals surface area contributed by atoms with E-state index in [4.69, 9.17) is 0 Å². The quantitative estimate of drug-likeness (QED) is 0.793. The fraction of sp³-hybridized carbons (Fsp3) is 0.619. The topological polar surface area (TPSA) is 67.2 Å². The highest BCUT2D eigenvalue weighted by Crippen LogP contribution is 2.35. The van der Waals surface area contributed by atoms with Gasteiger partial charge in [-0.25, -0.2) is 4.68 Å². The number of aryl methyl sites for hydroxylation is 1. The Balaban J connectivity index is 1.26. The molecule has 0 N–H and O–H groups in total. The molecule has 7 heteroatoms. The zero-order valence-corrected chi connectivity index (χ0v) is 16.5. The predicted octanol–water partition coefficient (Wildman–Crippen LogP) is 1.98. The number of amides is 1. The molecular weight excluding hydrogens is 352 g/mol. The molecule has 1 amide bonds. The molecule has 28 heavy (non-hydrogen) atoms. The molecule has 148 valence electrons. The summed E-state index contributed by atoms with van der Waals surface area (Å²) < 4.78 is 1.76. The highest BCUT2D eigenvalue weighted by atomic mass is 16.2. The number of piperidine rings is 1. The molecule has 4 fully saturated rings. The van der Waals surface area contributed by atoms with Crippen LogP contribution >= 0.6 is 0 Å². The monoisotopic (exact) mass is 380 g/mol. The molecule has 6 rings (SSSR count). The molecule has 3 saturated heterocycles. The van der Waals surface area contributed by atoms with Crippen LogP contribution in [0, 0.1) is 18.8 Å². The van der Waals surface area contributed by atoms with E-state index in [9.17, 15) is 4.79 Å². The largest absolute Gasteiger partial charge is 0.337 e. The van der Waals surface area contributed by atoms with E-state index >= 15 is 0 Å². The van der Waals surface area contributed by atoms with Crippen molar-refractivity contribution in [2.75, 3.05) is 26.2 Å². The molecule has 0 spiro atoms. The van der Waals surface area contributed by atoms with Crippen LogP contribution in [0.5, 0.6) is 0 Å². The number of rotatable bonds is 5. The Labute approximate surface area is 165 Å². The normalized spacial score (nSPS) is 25.1. The lowest BCUT2D eigenvalue weighted by molar-refractivity contribution is 0.0736. The van der Waals surface area contributed by atoms with E-state index in [1.807, 2.05) is 31.2 Å². The summed E-state index contributed by atoms with van der Waals surface area (Å²) >= 11 is 0. The Hall–Kier alpha value is -2.28. The van der Waals surface area contributed by atoms with Crippen LogP contribution in [0.15, 0.2) is 24.3 Å². The first kappa shape index (κ1) is 17.8. The minimum absolute atomic E-state index is 0.176. The van der Waals surface area contributed by atoms with Gasteiger partial charge < -0.3 is 4.90 Å². The second-order valence-electron chi connectivity index (χ2n) is 8.79. The van der Waals surface area contributed by atoms with E-state index in [0.717, 1.165) is 36.0 Å². The maximum absolute atomic E-state index is 13.2. The third kappa shape index (κ3) is 3.68. The lowest BCUT2D eigenvalue weighted by Crippen LogP contribution is -2.45. The molecule has 0 unspecified atom stereocenters. The van der Waals surface area contributed by atoms with Crippen molar-refractivity contribution in [3.8, 4) is 0 Å². The molecule has 1 aromatic heterocycles. The van der Waals surface area contributed by atoms with Crippen LogP contribution in [0.4, 0.5) is 0 Å². The van der Waals surface area contributed by atoms with Crippen LogP contribution in [-0.4, -0.2) is 68.1 Å². The fourth-order valence-electron chi connectivity index (χ4n) is 4.70. The summed E-state index contributed by atoms with van der Waals surface area (Å²) in [5.74, 6) is 2.51. The number of tetrazole rings is 1. The summed E-state index contributed by atoms with van der Waals surface area (Å²) in [4.78, 5) is 17.9. The fourth-order valence-corrected chi connectivity index (χ4v) is 4.70. The van der Waals surface area contributed by atoms with E-state index in [-0.39, 0.29) is 5.91 Å². The Morgan fingerprint density at radius 1 is 1.07 bits per heavy atom. The van der Waals surface area contributed by atoms with Crippen molar-refractivity contribution >= 4 is 5.91 Å². The van der Waals surface area contributed by atoms with Crippen LogP contribution in [0.25, 0.3) is 0 Å². The standard InChI is InChI=1S/C21H28N6O/c1-15-22-23-24-27(15)13-17-4-7-19(8-5-17)21(28)26-12-18-6-9-20(14-26)25(11-18)10-16-2-3-16/h4-5,7-8,16,18,20H,2-3,6,9-14H2,1H3/t18-,20-/m0/s1. The molecule has 2 aromatic rings. The van der Waals surface area contributed by atoms with E-state index in [1.54, 1.807) is 4.68 Å². The first-order valence-electron chi connectivity index (χ1n) is 10.5. The summed E-state index contributed by atoms with van der Waals surface area (Å²) in [5.41, 5.74) is 1.88. The SMILES string of the molecule is Cc1nnnn1Cc1ccc(C(=O)N2C[C@H]3CC[C@@H](C2)N(CC2CC2)C3)cc1. The van der Waals surface area contributed by atoms with Crippen molar-refractivity contribution in [2.45, 2.75) is 45.2 Å². The highest BCUT2D eigenvalue weighted by molar-refractivity contribution is 5.94. The molecule has 1 saturated carbocycles. The summed E-state index contributed by atoms with van der Waals surface area (Å²) in [5, 5.41) is 11.6. The van der Waals surface area contributed by atoms with Gasteiger partial charge in [-0.15, -0.1) is 5.10 Å². The number of fused-ring (bicyclic) bond motifs is 4. The van der Waals surface area contributed by atoms with Gasteiger partial charge in [0, 0.05) is 37.8 Å². The van der Waals surface area contributed by atoms with Gasteiger partial charge in [-0.3, -0.25) is 9.69 Å². The second kappa shape index (κ2) is 7.28. The third-order valence-corrected chi connectivity index (χ3v) is 6.55. The summed E-state index contributed by atoms with van der Waals surface area (Å²) in [6.07, 6.45) is 5.30. The number of carbonyl (C=O) groups is 1. The van der Waals surface area contributed by atoms with Crippen molar-refractivity contribution in [3.05, 3.63) is 41.2 Å². The van der Waals surface area contributed by atoms with Crippen LogP contribution in [0.3, 0.4) is 0 Å². The minimum atomic E-state index is 0.176. The van der Waals surface area contributed by atoms with Gasteiger partial charge in [-0.1, -0.05) is 12.1 Å². The van der Waals surface area contributed by atoms with Crippen LogP contribution < -0.4 is 0 Å². The number of aromatic nitrogens is 4. The minimum Gasteiger partial charge on any atom is -0.337 e. The van der Waals surface area contributed by atoms with Gasteiger partial charge in [0.25, 0.3) is 5.91 Å². The maximum atomic E-state index is 13.2. The van der Waals surface area contributed by atoms with Crippen molar-refractivity contribution in [1.82, 2.24) is 30.0 Å². The van der Waals surface area contributed by atoms with E-state index in [0.29, 0.717) is 18.5 Å². The molecule has 1 aliphatic carbocycles. The second-order valence-corrected chi connectivity index (χ2v) is 8.79. The number of hydrogen-bond donors (Lipinski definition) is 0. The zero-order valence-electron chi connectivity index (χ0n) is 16.5. The van der Waals surface area contributed by atoms with Crippen molar-refractivity contribution in [3.63, 3.8) is 0 Å². The van der Waals surface area contributed by atoms with Crippen LogP contribution in [0.2, 0.25) is 0 Å². The molecule has 2 bridgehead atoms. The Bertz CT molecular complexity index is 843. The maximum Gasteiger partial charge on any atom is 0.253 e. The number of carbonyl (C=O) groups excluding carboxylic acids is 1. The molecular formula is C21H28N6O. The van der Waals surface area contributed by atoms with E-state index in [2.05, 4.69) is 25.3 Å². The summed E-state index contributed by atoms with van der Waals surface area (Å²) in [6.45, 7) is 6.72. The molecule has 3 aliphatic heterocycles. The predicted molar refractivity (Wildman–Crippen MR) is 105 cm³/mol. The smallest absolute Gasteiger partial charge is 0.253 e. The lowest BCUT2D eigenvalue weighted by Gasteiger charge is -2.36. The average Bonchev–Trinajstić information content (AvgIpc) is 3.49. The van der Waals surface area contributed by atoms with Gasteiger partial charge in [-0.2, -0.15) is 0 Å². The van der Waals surface area contributed by atoms with Gasteiger partial charge >= 0.3 is 0 Å². The van der Waals surface area contributed by atoms with Crippen molar-refractivity contribution in [1.29, 1.82) is 0 Å². The van der Waals surface area contributed by atoms with Gasteiger partial charge in [0.1, 0.15) is 5.82 Å². The summed E-state index contributed by atoms with van der Waals surface area (Å²) in [7, 11) is 0. The number of hydrogen-bond acceptors (Lipinski definition) is 5. The van der Waals surface area contributed by atoms with Gasteiger partial charge in [0.2, 0.25) is 0 Å². The Kier molecular flexibility index (Phi) is 4.62. The first-order chi connectivity index (χ1) is 13.7. The molecule has 2 atom stereocenters. The van der Waals surface area contributed by atoms with Crippen molar-refractivity contribution in [2.24, 2.45) is 11.8 Å². The van der Waals surface area contributed by atoms with Gasteiger partial charge in [0.05, 0.1) is 6.54 Å². The lowest BCUT2D eigenvalue weighted by atomic mass is 9.95. The Morgan fingerprint density at radius 3 is 2.61 bits per heavy atom. The molecule has 4 heterocycles. The first-order valence-corrected chi connectivity index (χ1v) is 10.5. The molecule has 1 aromatic carbocycles.